The monoisotopic (exact) mass is 320 g/mol. The van der Waals surface area contributed by atoms with Crippen LogP contribution in [0.3, 0.4) is 0 Å². The summed E-state index contributed by atoms with van der Waals surface area (Å²) in [5.41, 5.74) is 1.71. The maximum absolute atomic E-state index is 12.2. The van der Waals surface area contributed by atoms with Crippen LogP contribution in [0.4, 0.5) is 0 Å². The Labute approximate surface area is 131 Å². The maximum Gasteiger partial charge on any atom is 0.212 e. The van der Waals surface area contributed by atoms with E-state index in [1.165, 1.54) is 10.6 Å². The minimum absolute atomic E-state index is 0.379. The molecule has 1 aromatic heterocycles. The Morgan fingerprint density at radius 3 is 2.32 bits per heavy atom. The minimum Gasteiger partial charge on any atom is -0.497 e. The number of ether oxygens (including phenoxy) is 1. The summed E-state index contributed by atoms with van der Waals surface area (Å²) in [6.07, 6.45) is 4.59. The molecule has 0 unspecified atom stereocenters. The number of methoxy groups -OCH3 is 1. The first-order chi connectivity index (χ1) is 10.5. The highest BCUT2D eigenvalue weighted by molar-refractivity contribution is 7.88. The van der Waals surface area contributed by atoms with Gasteiger partial charge in [0.1, 0.15) is 5.75 Å². The highest BCUT2D eigenvalue weighted by Crippen LogP contribution is 2.31. The lowest BCUT2D eigenvalue weighted by Gasteiger charge is -2.29. The summed E-state index contributed by atoms with van der Waals surface area (Å²) < 4.78 is 30.9. The second-order valence-corrected chi connectivity index (χ2v) is 6.86. The summed E-state index contributed by atoms with van der Waals surface area (Å²) in [5.74, 6) is 0.732. The fourth-order valence-corrected chi connectivity index (χ4v) is 3.55. The summed E-state index contributed by atoms with van der Waals surface area (Å²) in [7, 11) is -1.75. The van der Waals surface area contributed by atoms with E-state index < -0.39 is 16.1 Å². The Kier molecular flexibility index (Phi) is 5.15. The van der Waals surface area contributed by atoms with Crippen LogP contribution in [-0.2, 0) is 10.0 Å². The van der Waals surface area contributed by atoms with Gasteiger partial charge in [-0.05, 0) is 29.3 Å². The molecule has 0 fully saturated rings. The van der Waals surface area contributed by atoms with Crippen LogP contribution in [0.15, 0.2) is 48.8 Å². The van der Waals surface area contributed by atoms with E-state index in [9.17, 15) is 8.42 Å². The summed E-state index contributed by atoms with van der Waals surface area (Å²) in [6.45, 7) is 2.21. The van der Waals surface area contributed by atoms with Crippen LogP contribution in [0.25, 0.3) is 0 Å². The van der Waals surface area contributed by atoms with Gasteiger partial charge in [0, 0.05) is 18.9 Å². The number of nitrogens with zero attached hydrogens (tertiary/aromatic N) is 2. The molecule has 0 saturated heterocycles. The molecule has 118 valence electrons. The molecule has 6 heteroatoms. The molecule has 0 radical (unpaired) electrons. The molecular formula is C16H20N2O3S. The van der Waals surface area contributed by atoms with Crippen molar-refractivity contribution in [1.29, 1.82) is 0 Å². The second-order valence-electron chi connectivity index (χ2n) is 4.93. The Balaban J connectivity index is 2.54. The molecule has 1 heterocycles. The molecule has 2 rings (SSSR count). The third-order valence-electron chi connectivity index (χ3n) is 3.46. The van der Waals surface area contributed by atoms with Gasteiger partial charge in [-0.1, -0.05) is 25.1 Å². The third kappa shape index (κ3) is 3.64. The highest BCUT2D eigenvalue weighted by Gasteiger charge is 2.28. The van der Waals surface area contributed by atoms with E-state index in [-0.39, 0.29) is 0 Å². The van der Waals surface area contributed by atoms with Gasteiger partial charge in [-0.15, -0.1) is 0 Å². The molecule has 5 nitrogen and oxygen atoms in total. The van der Waals surface area contributed by atoms with Crippen molar-refractivity contribution in [2.75, 3.05) is 19.9 Å². The summed E-state index contributed by atoms with van der Waals surface area (Å²) >= 11 is 0. The van der Waals surface area contributed by atoms with Crippen molar-refractivity contribution >= 4 is 10.0 Å². The standard InChI is InChI=1S/C16H20N2O3S/c1-4-18(22(3,19)20)16(14-6-5-11-17-12-14)13-7-9-15(21-2)10-8-13/h5-12,16H,4H2,1-3H3/t16-/m1/s1. The van der Waals surface area contributed by atoms with Crippen LogP contribution in [0.5, 0.6) is 5.75 Å². The molecule has 0 aliphatic rings. The van der Waals surface area contributed by atoms with Crippen LogP contribution in [0, 0.1) is 0 Å². The largest absolute Gasteiger partial charge is 0.497 e. The lowest BCUT2D eigenvalue weighted by atomic mass is 10.00. The van der Waals surface area contributed by atoms with Gasteiger partial charge in [0.05, 0.1) is 19.4 Å². The molecule has 0 N–H and O–H groups in total. The number of sulfonamides is 1. The molecule has 1 aromatic carbocycles. The average Bonchev–Trinajstić information content (AvgIpc) is 2.52. The van der Waals surface area contributed by atoms with Crippen molar-refractivity contribution in [3.05, 3.63) is 59.9 Å². The zero-order valence-corrected chi connectivity index (χ0v) is 13.7. The number of aromatic nitrogens is 1. The van der Waals surface area contributed by atoms with E-state index in [1.54, 1.807) is 19.5 Å². The van der Waals surface area contributed by atoms with Crippen molar-refractivity contribution in [2.45, 2.75) is 13.0 Å². The Morgan fingerprint density at radius 2 is 1.86 bits per heavy atom. The predicted octanol–water partition coefficient (Wildman–Crippen LogP) is 2.46. The van der Waals surface area contributed by atoms with Crippen LogP contribution < -0.4 is 4.74 Å². The number of hydrogen-bond acceptors (Lipinski definition) is 4. The third-order valence-corrected chi connectivity index (χ3v) is 4.78. The first-order valence-corrected chi connectivity index (χ1v) is 8.83. The lowest BCUT2D eigenvalue weighted by molar-refractivity contribution is 0.377. The fourth-order valence-electron chi connectivity index (χ4n) is 2.46. The van der Waals surface area contributed by atoms with Gasteiger partial charge < -0.3 is 4.74 Å². The molecule has 22 heavy (non-hydrogen) atoms. The van der Waals surface area contributed by atoms with Crippen molar-refractivity contribution < 1.29 is 13.2 Å². The SMILES string of the molecule is CCN([C@H](c1ccc(OC)cc1)c1cccnc1)S(C)(=O)=O. The van der Waals surface area contributed by atoms with Crippen molar-refractivity contribution in [1.82, 2.24) is 9.29 Å². The molecule has 0 saturated carbocycles. The smallest absolute Gasteiger partial charge is 0.212 e. The Bertz CT molecular complexity index is 700. The summed E-state index contributed by atoms with van der Waals surface area (Å²) in [4.78, 5) is 4.12. The van der Waals surface area contributed by atoms with E-state index >= 15 is 0 Å². The minimum atomic E-state index is -3.35. The van der Waals surface area contributed by atoms with Gasteiger partial charge in [0.25, 0.3) is 0 Å². The number of pyridine rings is 1. The molecule has 0 spiro atoms. The van der Waals surface area contributed by atoms with E-state index in [0.29, 0.717) is 6.54 Å². The second kappa shape index (κ2) is 6.89. The van der Waals surface area contributed by atoms with E-state index in [2.05, 4.69) is 4.98 Å². The van der Waals surface area contributed by atoms with Gasteiger partial charge in [-0.2, -0.15) is 4.31 Å². The van der Waals surface area contributed by atoms with Crippen molar-refractivity contribution in [3.8, 4) is 5.75 Å². The molecule has 2 aromatic rings. The molecule has 0 aliphatic carbocycles. The maximum atomic E-state index is 12.2. The first kappa shape index (κ1) is 16.5. The van der Waals surface area contributed by atoms with Gasteiger partial charge in [0.2, 0.25) is 10.0 Å². The van der Waals surface area contributed by atoms with E-state index in [1.807, 2.05) is 43.3 Å². The number of hydrogen-bond donors (Lipinski definition) is 0. The molecule has 0 aliphatic heterocycles. The van der Waals surface area contributed by atoms with Crippen LogP contribution >= 0.6 is 0 Å². The van der Waals surface area contributed by atoms with Crippen LogP contribution in [0.2, 0.25) is 0 Å². The van der Waals surface area contributed by atoms with Crippen molar-refractivity contribution in [3.63, 3.8) is 0 Å². The summed E-state index contributed by atoms with van der Waals surface area (Å²) in [5, 5.41) is 0. The molecule has 0 bridgehead atoms. The predicted molar refractivity (Wildman–Crippen MR) is 86.3 cm³/mol. The lowest BCUT2D eigenvalue weighted by Crippen LogP contribution is -2.34. The molecule has 1 atom stereocenters. The van der Waals surface area contributed by atoms with Crippen molar-refractivity contribution in [2.24, 2.45) is 0 Å². The van der Waals surface area contributed by atoms with Gasteiger partial charge in [-0.25, -0.2) is 8.42 Å². The van der Waals surface area contributed by atoms with Crippen LogP contribution in [0.1, 0.15) is 24.1 Å². The number of rotatable bonds is 6. The topological polar surface area (TPSA) is 59.5 Å². The zero-order valence-electron chi connectivity index (χ0n) is 12.9. The van der Waals surface area contributed by atoms with Gasteiger partial charge in [-0.3, -0.25) is 4.98 Å². The fraction of sp³-hybridized carbons (Fsp3) is 0.312. The van der Waals surface area contributed by atoms with Crippen LogP contribution in [-0.4, -0.2) is 37.6 Å². The van der Waals surface area contributed by atoms with E-state index in [4.69, 9.17) is 4.74 Å². The average molecular weight is 320 g/mol. The molecular weight excluding hydrogens is 300 g/mol. The summed E-state index contributed by atoms with van der Waals surface area (Å²) in [6, 6.07) is 10.7. The number of benzene rings is 1. The van der Waals surface area contributed by atoms with Gasteiger partial charge >= 0.3 is 0 Å². The Morgan fingerprint density at radius 1 is 1.18 bits per heavy atom. The molecule has 0 amide bonds. The highest BCUT2D eigenvalue weighted by atomic mass is 32.2. The first-order valence-electron chi connectivity index (χ1n) is 6.98. The quantitative estimate of drug-likeness (QED) is 0.820. The zero-order chi connectivity index (χ0) is 16.2. The Hall–Kier alpha value is -1.92. The van der Waals surface area contributed by atoms with E-state index in [0.717, 1.165) is 16.9 Å². The van der Waals surface area contributed by atoms with Gasteiger partial charge in [0.15, 0.2) is 0 Å². The normalized spacial score (nSPS) is 13.1.